The Morgan fingerprint density at radius 3 is 2.63 bits per heavy atom. The van der Waals surface area contributed by atoms with Gasteiger partial charge >= 0.3 is 0 Å². The van der Waals surface area contributed by atoms with Gasteiger partial charge in [-0.05, 0) is 44.2 Å². The molecule has 102 valence electrons. The van der Waals surface area contributed by atoms with Gasteiger partial charge in [-0.25, -0.2) is 0 Å². The first-order valence-electron chi connectivity index (χ1n) is 5.91. The van der Waals surface area contributed by atoms with Gasteiger partial charge in [0.2, 0.25) is 0 Å². The molecule has 2 aromatic rings. The highest BCUT2D eigenvalue weighted by Crippen LogP contribution is 2.33. The Morgan fingerprint density at radius 1 is 1.32 bits per heavy atom. The standard InChI is InChI=1S/C14H15BrClNO2/c1-8-3-6-12(18-8)14(9(2)17)19-13-7-10(15)4-5-11(13)16/h3-7,9,14H,17H2,1-2H3. The lowest BCUT2D eigenvalue weighted by Gasteiger charge is -2.21. The second-order valence-electron chi connectivity index (χ2n) is 4.42. The van der Waals surface area contributed by atoms with E-state index in [1.807, 2.05) is 38.1 Å². The zero-order chi connectivity index (χ0) is 14.0. The van der Waals surface area contributed by atoms with E-state index in [9.17, 15) is 0 Å². The number of nitrogens with two attached hydrogens (primary N) is 1. The Kier molecular flexibility index (Phi) is 4.55. The molecule has 19 heavy (non-hydrogen) atoms. The minimum absolute atomic E-state index is 0.222. The third-order valence-corrected chi connectivity index (χ3v) is 3.47. The molecule has 1 aromatic carbocycles. The molecule has 0 spiro atoms. The van der Waals surface area contributed by atoms with Crippen LogP contribution in [0.5, 0.6) is 5.75 Å². The van der Waals surface area contributed by atoms with Crippen LogP contribution in [0, 0.1) is 6.92 Å². The second-order valence-corrected chi connectivity index (χ2v) is 5.74. The van der Waals surface area contributed by atoms with Gasteiger partial charge in [-0.15, -0.1) is 0 Å². The Labute approximate surface area is 125 Å². The number of hydrogen-bond donors (Lipinski definition) is 1. The van der Waals surface area contributed by atoms with Crippen LogP contribution in [0.4, 0.5) is 0 Å². The summed E-state index contributed by atoms with van der Waals surface area (Å²) in [6.07, 6.45) is -0.375. The molecule has 0 aliphatic heterocycles. The van der Waals surface area contributed by atoms with Crippen LogP contribution in [0.2, 0.25) is 5.02 Å². The third-order valence-electron chi connectivity index (χ3n) is 2.67. The maximum Gasteiger partial charge on any atom is 0.171 e. The SMILES string of the molecule is Cc1ccc(C(Oc2cc(Br)ccc2Cl)C(C)N)o1. The molecule has 0 bridgehead atoms. The van der Waals surface area contributed by atoms with E-state index >= 15 is 0 Å². The van der Waals surface area contributed by atoms with Crippen LogP contribution in [0.25, 0.3) is 0 Å². The summed E-state index contributed by atoms with van der Waals surface area (Å²) in [4.78, 5) is 0. The Bertz CT molecular complexity index is 568. The predicted molar refractivity (Wildman–Crippen MR) is 79.6 cm³/mol. The summed E-state index contributed by atoms with van der Waals surface area (Å²) in [6.45, 7) is 3.75. The summed E-state index contributed by atoms with van der Waals surface area (Å²) in [6, 6.07) is 8.97. The summed E-state index contributed by atoms with van der Waals surface area (Å²) in [7, 11) is 0. The molecule has 2 N–H and O–H groups in total. The van der Waals surface area contributed by atoms with E-state index in [-0.39, 0.29) is 12.1 Å². The lowest BCUT2D eigenvalue weighted by atomic mass is 10.1. The zero-order valence-corrected chi connectivity index (χ0v) is 13.0. The monoisotopic (exact) mass is 343 g/mol. The first-order chi connectivity index (χ1) is 8.97. The van der Waals surface area contributed by atoms with Gasteiger partial charge < -0.3 is 14.9 Å². The van der Waals surface area contributed by atoms with Crippen molar-refractivity contribution in [3.63, 3.8) is 0 Å². The van der Waals surface area contributed by atoms with Gasteiger partial charge in [-0.2, -0.15) is 0 Å². The molecule has 3 nitrogen and oxygen atoms in total. The maximum absolute atomic E-state index is 6.12. The third kappa shape index (κ3) is 3.53. The Balaban J connectivity index is 2.29. The number of ether oxygens (including phenoxy) is 1. The second kappa shape index (κ2) is 5.99. The average Bonchev–Trinajstić information content (AvgIpc) is 2.76. The van der Waals surface area contributed by atoms with Crippen LogP contribution < -0.4 is 10.5 Å². The molecule has 0 saturated carbocycles. The van der Waals surface area contributed by atoms with Gasteiger partial charge in [0, 0.05) is 10.5 Å². The summed E-state index contributed by atoms with van der Waals surface area (Å²) in [5.74, 6) is 2.10. The van der Waals surface area contributed by atoms with Gasteiger partial charge in [-0.3, -0.25) is 0 Å². The van der Waals surface area contributed by atoms with Crippen LogP contribution in [0.1, 0.15) is 24.5 Å². The van der Waals surface area contributed by atoms with Gasteiger partial charge in [-0.1, -0.05) is 27.5 Å². The number of aryl methyl sites for hydroxylation is 1. The minimum atomic E-state index is -0.375. The van der Waals surface area contributed by atoms with E-state index < -0.39 is 0 Å². The van der Waals surface area contributed by atoms with Crippen LogP contribution in [-0.2, 0) is 0 Å². The fourth-order valence-corrected chi connectivity index (χ4v) is 2.24. The molecule has 0 fully saturated rings. The van der Waals surface area contributed by atoms with Crippen LogP contribution in [0.15, 0.2) is 39.2 Å². The molecule has 0 amide bonds. The fraction of sp³-hybridized carbons (Fsp3) is 0.286. The van der Waals surface area contributed by atoms with E-state index in [1.165, 1.54) is 0 Å². The van der Waals surface area contributed by atoms with Crippen molar-refractivity contribution >= 4 is 27.5 Å². The highest BCUT2D eigenvalue weighted by atomic mass is 79.9. The van der Waals surface area contributed by atoms with E-state index in [0.29, 0.717) is 16.5 Å². The van der Waals surface area contributed by atoms with Gasteiger partial charge in [0.1, 0.15) is 17.3 Å². The number of hydrogen-bond acceptors (Lipinski definition) is 3. The number of halogens is 2. The van der Waals surface area contributed by atoms with Gasteiger partial charge in [0.15, 0.2) is 6.10 Å². The lowest BCUT2D eigenvalue weighted by Crippen LogP contribution is -2.28. The number of furan rings is 1. The maximum atomic E-state index is 6.12. The van der Waals surface area contributed by atoms with Crippen LogP contribution in [-0.4, -0.2) is 6.04 Å². The molecule has 1 heterocycles. The fourth-order valence-electron chi connectivity index (χ4n) is 1.74. The van der Waals surface area contributed by atoms with Gasteiger partial charge in [0.25, 0.3) is 0 Å². The van der Waals surface area contributed by atoms with E-state index in [2.05, 4.69) is 15.9 Å². The van der Waals surface area contributed by atoms with Crippen molar-refractivity contribution in [1.29, 1.82) is 0 Å². The molecule has 2 unspecified atom stereocenters. The first-order valence-corrected chi connectivity index (χ1v) is 7.08. The van der Waals surface area contributed by atoms with Crippen molar-refractivity contribution in [2.45, 2.75) is 26.0 Å². The highest BCUT2D eigenvalue weighted by molar-refractivity contribution is 9.10. The van der Waals surface area contributed by atoms with E-state index in [0.717, 1.165) is 10.2 Å². The quantitative estimate of drug-likeness (QED) is 0.890. The van der Waals surface area contributed by atoms with E-state index in [1.54, 1.807) is 6.07 Å². The minimum Gasteiger partial charge on any atom is -0.479 e. The van der Waals surface area contributed by atoms with Crippen molar-refractivity contribution in [3.8, 4) is 5.75 Å². The van der Waals surface area contributed by atoms with Crippen molar-refractivity contribution in [2.24, 2.45) is 5.73 Å². The molecule has 0 aliphatic carbocycles. The average molecular weight is 345 g/mol. The largest absolute Gasteiger partial charge is 0.479 e. The highest BCUT2D eigenvalue weighted by Gasteiger charge is 2.22. The summed E-state index contributed by atoms with van der Waals surface area (Å²) in [5.41, 5.74) is 5.97. The topological polar surface area (TPSA) is 48.4 Å². The van der Waals surface area contributed by atoms with Crippen molar-refractivity contribution < 1.29 is 9.15 Å². The normalized spacial score (nSPS) is 14.2. The van der Waals surface area contributed by atoms with Crippen molar-refractivity contribution in [2.75, 3.05) is 0 Å². The predicted octanol–water partition coefficient (Wildman–Crippen LogP) is 4.47. The van der Waals surface area contributed by atoms with Crippen molar-refractivity contribution in [3.05, 3.63) is 51.3 Å². The Hall–Kier alpha value is -0.970. The molecule has 1 aromatic heterocycles. The smallest absolute Gasteiger partial charge is 0.171 e. The number of rotatable bonds is 4. The molecular formula is C14H15BrClNO2. The first kappa shape index (κ1) is 14.4. The summed E-state index contributed by atoms with van der Waals surface area (Å²) < 4.78 is 12.4. The number of benzene rings is 1. The van der Waals surface area contributed by atoms with Gasteiger partial charge in [0.05, 0.1) is 5.02 Å². The molecule has 2 atom stereocenters. The van der Waals surface area contributed by atoms with Crippen molar-refractivity contribution in [1.82, 2.24) is 0 Å². The Morgan fingerprint density at radius 2 is 2.05 bits per heavy atom. The molecular weight excluding hydrogens is 330 g/mol. The van der Waals surface area contributed by atoms with E-state index in [4.69, 9.17) is 26.5 Å². The molecule has 2 rings (SSSR count). The molecule has 0 saturated heterocycles. The zero-order valence-electron chi connectivity index (χ0n) is 10.7. The van der Waals surface area contributed by atoms with Crippen LogP contribution >= 0.6 is 27.5 Å². The molecule has 0 aliphatic rings. The summed E-state index contributed by atoms with van der Waals surface area (Å²) >= 11 is 9.51. The van der Waals surface area contributed by atoms with Crippen LogP contribution in [0.3, 0.4) is 0 Å². The molecule has 5 heteroatoms. The summed E-state index contributed by atoms with van der Waals surface area (Å²) in [5, 5.41) is 0.539. The molecule has 0 radical (unpaired) electrons. The lowest BCUT2D eigenvalue weighted by molar-refractivity contribution is 0.152.